The van der Waals surface area contributed by atoms with Gasteiger partial charge in [0.2, 0.25) is 5.95 Å². The van der Waals surface area contributed by atoms with Crippen LogP contribution in [-0.2, 0) is 24.8 Å². The Balaban J connectivity index is 1.31. The summed E-state index contributed by atoms with van der Waals surface area (Å²) in [5.74, 6) is -0.326. The Labute approximate surface area is 214 Å². The number of halogens is 1. The maximum absolute atomic E-state index is 12.7. The first-order chi connectivity index (χ1) is 17.4. The van der Waals surface area contributed by atoms with Gasteiger partial charge in [0.15, 0.2) is 0 Å². The lowest BCUT2D eigenvalue weighted by Gasteiger charge is -2.40. The fourth-order valence-electron chi connectivity index (χ4n) is 6.17. The number of fused-ring (bicyclic) bond motifs is 3. The van der Waals surface area contributed by atoms with Gasteiger partial charge in [-0.1, -0.05) is 17.7 Å². The molecule has 9 heteroatoms. The molecule has 0 bridgehead atoms. The number of carbonyl (C=O) groups is 1. The van der Waals surface area contributed by atoms with Gasteiger partial charge in [-0.3, -0.25) is 14.8 Å². The molecule has 0 unspecified atom stereocenters. The van der Waals surface area contributed by atoms with Gasteiger partial charge >= 0.3 is 5.97 Å². The third kappa shape index (κ3) is 3.93. The standard InChI is InChI=1S/C27H28ClN5O3/c28-20-12-18(25(35)36)13-22-23(20)27(16-33(22)15-17-4-3-9-29-14-17)7-10-32(11-8-27)26-30-21-6-2-1-5-19(21)24(34)31-26/h3-4,9,12-14H,1-2,5-8,10-11,15-16H2,(H,35,36)(H,30,31,34). The highest BCUT2D eigenvalue weighted by Gasteiger charge is 2.46. The van der Waals surface area contributed by atoms with Crippen molar-refractivity contribution in [1.29, 1.82) is 0 Å². The van der Waals surface area contributed by atoms with Crippen LogP contribution in [0.15, 0.2) is 41.5 Å². The maximum Gasteiger partial charge on any atom is 0.335 e. The van der Waals surface area contributed by atoms with Crippen LogP contribution in [0.2, 0.25) is 5.02 Å². The number of hydrogen-bond acceptors (Lipinski definition) is 6. The predicted molar refractivity (Wildman–Crippen MR) is 138 cm³/mol. The van der Waals surface area contributed by atoms with Gasteiger partial charge in [-0.15, -0.1) is 0 Å². The van der Waals surface area contributed by atoms with Crippen molar-refractivity contribution in [3.8, 4) is 0 Å². The number of aromatic amines is 1. The summed E-state index contributed by atoms with van der Waals surface area (Å²) in [5, 5.41) is 10.2. The quantitative estimate of drug-likeness (QED) is 0.553. The Morgan fingerprint density at radius 2 is 2.00 bits per heavy atom. The average Bonchev–Trinajstić information content (AvgIpc) is 3.18. The molecule has 4 heterocycles. The van der Waals surface area contributed by atoms with E-state index >= 15 is 0 Å². The summed E-state index contributed by atoms with van der Waals surface area (Å²) < 4.78 is 0. The van der Waals surface area contributed by atoms with Crippen LogP contribution in [0.5, 0.6) is 0 Å². The SMILES string of the molecule is O=C(O)c1cc(Cl)c2c(c1)N(Cc1cccnc1)CC21CCN(c2nc3c(c(=O)[nH]2)CCCC3)CC1. The molecule has 0 saturated carbocycles. The number of nitrogens with one attached hydrogen (secondary N) is 1. The number of aromatic carboxylic acids is 1. The summed E-state index contributed by atoms with van der Waals surface area (Å²) in [5.41, 5.74) is 4.76. The molecule has 8 nitrogen and oxygen atoms in total. The summed E-state index contributed by atoms with van der Waals surface area (Å²) in [4.78, 5) is 41.0. The van der Waals surface area contributed by atoms with E-state index in [1.54, 1.807) is 18.3 Å². The molecule has 1 saturated heterocycles. The molecule has 1 aliphatic carbocycles. The lowest BCUT2D eigenvalue weighted by Crippen LogP contribution is -2.46. The molecule has 0 atom stereocenters. The molecule has 6 rings (SSSR count). The zero-order valence-corrected chi connectivity index (χ0v) is 20.7. The van der Waals surface area contributed by atoms with Crippen molar-refractivity contribution in [2.45, 2.75) is 50.5 Å². The van der Waals surface area contributed by atoms with E-state index in [1.165, 1.54) is 0 Å². The van der Waals surface area contributed by atoms with Crippen molar-refractivity contribution >= 4 is 29.2 Å². The summed E-state index contributed by atoms with van der Waals surface area (Å²) in [6, 6.07) is 7.27. The van der Waals surface area contributed by atoms with Crippen molar-refractivity contribution in [2.24, 2.45) is 0 Å². The third-order valence-electron chi connectivity index (χ3n) is 7.98. The Morgan fingerprint density at radius 1 is 1.19 bits per heavy atom. The molecule has 3 aromatic rings. The Bertz CT molecular complexity index is 1380. The first-order valence-electron chi connectivity index (χ1n) is 12.5. The zero-order valence-electron chi connectivity index (χ0n) is 20.0. The molecule has 2 aromatic heterocycles. The van der Waals surface area contributed by atoms with E-state index in [4.69, 9.17) is 16.6 Å². The molecular formula is C27H28ClN5O3. The normalized spacial score (nSPS) is 18.2. The molecule has 1 fully saturated rings. The number of benzene rings is 1. The average molecular weight is 506 g/mol. The van der Waals surface area contributed by atoms with E-state index in [0.29, 0.717) is 17.5 Å². The number of carboxylic acid groups (broad SMARTS) is 1. The van der Waals surface area contributed by atoms with Crippen LogP contribution >= 0.6 is 11.6 Å². The van der Waals surface area contributed by atoms with Gasteiger partial charge in [-0.05, 0) is 62.3 Å². The molecule has 2 aliphatic heterocycles. The molecule has 2 N–H and O–H groups in total. The highest BCUT2D eigenvalue weighted by molar-refractivity contribution is 6.32. The molecule has 0 amide bonds. The molecule has 1 aromatic carbocycles. The molecule has 36 heavy (non-hydrogen) atoms. The van der Waals surface area contributed by atoms with Crippen LogP contribution in [0.4, 0.5) is 11.6 Å². The van der Waals surface area contributed by atoms with Gasteiger partial charge in [0.1, 0.15) is 0 Å². The van der Waals surface area contributed by atoms with Crippen LogP contribution in [0, 0.1) is 0 Å². The number of carboxylic acids is 1. The van der Waals surface area contributed by atoms with E-state index in [-0.39, 0.29) is 16.5 Å². The van der Waals surface area contributed by atoms with Gasteiger partial charge in [-0.2, -0.15) is 0 Å². The van der Waals surface area contributed by atoms with Gasteiger partial charge < -0.3 is 14.9 Å². The molecule has 186 valence electrons. The molecule has 1 spiro atoms. The number of anilines is 2. The molecular weight excluding hydrogens is 478 g/mol. The number of rotatable bonds is 4. The molecule has 0 radical (unpaired) electrons. The fourth-order valence-corrected chi connectivity index (χ4v) is 6.58. The van der Waals surface area contributed by atoms with Crippen molar-refractivity contribution in [1.82, 2.24) is 15.0 Å². The van der Waals surface area contributed by atoms with Crippen molar-refractivity contribution in [3.05, 3.63) is 80.0 Å². The minimum absolute atomic E-state index is 0.00640. The Hall–Kier alpha value is -3.39. The Kier molecular flexibility index (Phi) is 5.71. The smallest absolute Gasteiger partial charge is 0.335 e. The number of aryl methyl sites for hydroxylation is 1. The van der Waals surface area contributed by atoms with E-state index in [9.17, 15) is 14.7 Å². The van der Waals surface area contributed by atoms with E-state index < -0.39 is 5.97 Å². The van der Waals surface area contributed by atoms with Gasteiger partial charge in [0.05, 0.1) is 11.3 Å². The summed E-state index contributed by atoms with van der Waals surface area (Å²) in [6.07, 6.45) is 9.04. The second-order valence-corrected chi connectivity index (χ2v) is 10.6. The van der Waals surface area contributed by atoms with Crippen molar-refractivity contribution in [2.75, 3.05) is 29.4 Å². The highest BCUT2D eigenvalue weighted by Crippen LogP contribution is 2.51. The van der Waals surface area contributed by atoms with Crippen molar-refractivity contribution < 1.29 is 9.90 Å². The fraction of sp³-hybridized carbons (Fsp3) is 0.407. The van der Waals surface area contributed by atoms with Crippen LogP contribution in [-0.4, -0.2) is 45.7 Å². The van der Waals surface area contributed by atoms with Crippen LogP contribution < -0.4 is 15.4 Å². The van der Waals surface area contributed by atoms with Crippen LogP contribution in [0.3, 0.4) is 0 Å². The maximum atomic E-state index is 12.7. The van der Waals surface area contributed by atoms with Gasteiger partial charge in [0.25, 0.3) is 5.56 Å². The number of pyridine rings is 1. The zero-order chi connectivity index (χ0) is 24.9. The summed E-state index contributed by atoms with van der Waals surface area (Å²) in [7, 11) is 0. The lowest BCUT2D eigenvalue weighted by atomic mass is 9.74. The number of H-pyrrole nitrogens is 1. The van der Waals surface area contributed by atoms with Gasteiger partial charge in [0, 0.05) is 65.8 Å². The summed E-state index contributed by atoms with van der Waals surface area (Å²) in [6.45, 7) is 2.85. The van der Waals surface area contributed by atoms with Crippen LogP contribution in [0.25, 0.3) is 0 Å². The monoisotopic (exact) mass is 505 g/mol. The lowest BCUT2D eigenvalue weighted by molar-refractivity contribution is 0.0697. The van der Waals surface area contributed by atoms with Crippen LogP contribution in [0.1, 0.15) is 58.4 Å². The highest BCUT2D eigenvalue weighted by atomic mass is 35.5. The minimum atomic E-state index is -0.987. The van der Waals surface area contributed by atoms with E-state index in [2.05, 4.69) is 19.8 Å². The number of aromatic nitrogens is 3. The third-order valence-corrected chi connectivity index (χ3v) is 8.27. The first-order valence-corrected chi connectivity index (χ1v) is 12.9. The second kappa shape index (κ2) is 8.92. The number of nitrogens with zero attached hydrogens (tertiary/aromatic N) is 4. The minimum Gasteiger partial charge on any atom is -0.478 e. The molecule has 3 aliphatic rings. The number of piperidine rings is 1. The number of hydrogen-bond donors (Lipinski definition) is 2. The van der Waals surface area contributed by atoms with E-state index in [0.717, 1.165) is 86.2 Å². The van der Waals surface area contributed by atoms with E-state index in [1.807, 2.05) is 18.3 Å². The first kappa shape index (κ1) is 23.0. The largest absolute Gasteiger partial charge is 0.478 e. The predicted octanol–water partition coefficient (Wildman–Crippen LogP) is 3.95. The topological polar surface area (TPSA) is 102 Å². The van der Waals surface area contributed by atoms with Gasteiger partial charge in [-0.25, -0.2) is 9.78 Å². The second-order valence-electron chi connectivity index (χ2n) is 10.2. The Morgan fingerprint density at radius 3 is 2.75 bits per heavy atom. The van der Waals surface area contributed by atoms with Crippen molar-refractivity contribution in [3.63, 3.8) is 0 Å². The summed E-state index contributed by atoms with van der Waals surface area (Å²) >= 11 is 6.79.